The summed E-state index contributed by atoms with van der Waals surface area (Å²) >= 11 is 0. The van der Waals surface area contributed by atoms with Crippen LogP contribution in [0, 0.1) is 0 Å². The summed E-state index contributed by atoms with van der Waals surface area (Å²) in [7, 11) is -9.68. The molecular weight excluding hydrogens is 600 g/mol. The molecule has 0 radical (unpaired) electrons. The molecule has 0 N–H and O–H groups in total. The molecule has 0 saturated carbocycles. The van der Waals surface area contributed by atoms with Gasteiger partial charge >= 0.3 is 15.6 Å². The molecule has 43 heavy (non-hydrogen) atoms. The van der Waals surface area contributed by atoms with Crippen molar-refractivity contribution < 1.29 is 39.8 Å². The second-order valence-electron chi connectivity index (χ2n) is 10.4. The van der Waals surface area contributed by atoms with Gasteiger partial charge in [-0.25, -0.2) is 0 Å². The van der Waals surface area contributed by atoms with Gasteiger partial charge in [0.1, 0.15) is 0 Å². The Balaban J connectivity index is 1.69. The van der Waals surface area contributed by atoms with Crippen molar-refractivity contribution in [2.45, 2.75) is 50.2 Å². The zero-order valence-electron chi connectivity index (χ0n) is 23.2. The Morgan fingerprint density at radius 3 is 1.72 bits per heavy atom. The highest BCUT2D eigenvalue weighted by molar-refractivity contribution is 7.88. The van der Waals surface area contributed by atoms with E-state index in [1.807, 2.05) is 32.0 Å². The number of alkyl halides is 3. The quantitative estimate of drug-likeness (QED) is 0.129. The summed E-state index contributed by atoms with van der Waals surface area (Å²) in [5.41, 5.74) is -4.16. The first-order valence-corrected chi connectivity index (χ1v) is 16.9. The van der Waals surface area contributed by atoms with Crippen molar-refractivity contribution in [3.05, 3.63) is 119 Å². The number of hydrogen-bond acceptors (Lipinski definition) is 6. The number of hydrogen-bond donors (Lipinski definition) is 0. The fourth-order valence-electron chi connectivity index (χ4n) is 6.08. The predicted octanol–water partition coefficient (Wildman–Crippen LogP) is 6.72. The lowest BCUT2D eigenvalue weighted by molar-refractivity contribution is -0.235. The standard InChI is InChI=1S/C32H28F3O6PS/c1-3-25-23-17-11-19-27(41-43(37,38)32(33,34)35)29(23)31(39-25)30-24(26(4-2)40-31)18-12-20-28(30)42(36,21-13-7-5-8-14-21)22-15-9-6-10-16-22/h5-20,25-26H,3-4H2,1-2H3/t25-,26-,31+/m0/s1. The van der Waals surface area contributed by atoms with Crippen LogP contribution in [0.5, 0.6) is 5.75 Å². The highest BCUT2D eigenvalue weighted by Gasteiger charge is 2.59. The molecule has 2 aliphatic heterocycles. The van der Waals surface area contributed by atoms with Gasteiger partial charge < -0.3 is 18.2 Å². The Bertz CT molecular complexity index is 1780. The normalized spacial score (nSPS) is 21.5. The predicted molar refractivity (Wildman–Crippen MR) is 157 cm³/mol. The van der Waals surface area contributed by atoms with Gasteiger partial charge in [-0.2, -0.15) is 21.6 Å². The minimum atomic E-state index is -6.03. The molecule has 6 nitrogen and oxygen atoms in total. The van der Waals surface area contributed by atoms with Gasteiger partial charge in [0, 0.05) is 21.5 Å². The lowest BCUT2D eigenvalue weighted by Crippen LogP contribution is -2.36. The van der Waals surface area contributed by atoms with Gasteiger partial charge in [0.25, 0.3) is 0 Å². The summed E-state index contributed by atoms with van der Waals surface area (Å²) in [5, 5.41) is 1.47. The first kappa shape index (κ1) is 29.6. The molecule has 0 bridgehead atoms. The van der Waals surface area contributed by atoms with Crippen LogP contribution in [0.2, 0.25) is 0 Å². The summed E-state index contributed by atoms with van der Waals surface area (Å²) in [5.74, 6) is -2.45. The Hall–Kier alpha value is -3.43. The smallest absolute Gasteiger partial charge is 0.375 e. The van der Waals surface area contributed by atoms with Crippen LogP contribution in [0.1, 0.15) is 61.2 Å². The van der Waals surface area contributed by atoms with Crippen LogP contribution in [-0.2, 0) is 29.9 Å². The van der Waals surface area contributed by atoms with Crippen LogP contribution in [0.15, 0.2) is 97.1 Å². The number of ether oxygens (including phenoxy) is 2. The topological polar surface area (TPSA) is 78.9 Å². The molecule has 2 aliphatic rings. The highest BCUT2D eigenvalue weighted by atomic mass is 32.2. The van der Waals surface area contributed by atoms with Crippen molar-refractivity contribution in [3.8, 4) is 5.75 Å². The van der Waals surface area contributed by atoms with Gasteiger partial charge in [-0.1, -0.05) is 105 Å². The summed E-state index contributed by atoms with van der Waals surface area (Å²) in [6.45, 7) is 3.73. The van der Waals surface area contributed by atoms with Gasteiger partial charge in [0.05, 0.1) is 17.8 Å². The Morgan fingerprint density at radius 1 is 0.744 bits per heavy atom. The molecule has 0 aliphatic carbocycles. The monoisotopic (exact) mass is 628 g/mol. The molecule has 3 atom stereocenters. The molecular formula is C32H28F3O6PS. The number of fused-ring (bicyclic) bond motifs is 4. The van der Waals surface area contributed by atoms with Crippen LogP contribution in [-0.4, -0.2) is 13.9 Å². The molecule has 4 aromatic carbocycles. The summed E-state index contributed by atoms with van der Waals surface area (Å²) < 4.78 is 98.8. The molecule has 0 fully saturated rings. The van der Waals surface area contributed by atoms with E-state index in [4.69, 9.17) is 13.7 Å². The lowest BCUT2D eigenvalue weighted by atomic mass is 9.91. The third-order valence-corrected chi connectivity index (χ3v) is 12.0. The molecule has 1 spiro atoms. The number of halogens is 3. The minimum absolute atomic E-state index is 0.0204. The Labute approximate surface area is 247 Å². The van der Waals surface area contributed by atoms with E-state index >= 15 is 4.57 Å². The molecule has 6 rings (SSSR count). The van der Waals surface area contributed by atoms with E-state index in [2.05, 4.69) is 0 Å². The number of benzene rings is 4. The van der Waals surface area contributed by atoms with E-state index in [9.17, 15) is 21.6 Å². The maximum atomic E-state index is 15.6. The van der Waals surface area contributed by atoms with Crippen molar-refractivity contribution in [1.29, 1.82) is 0 Å². The average molecular weight is 629 g/mol. The van der Waals surface area contributed by atoms with Crippen molar-refractivity contribution in [2.75, 3.05) is 0 Å². The minimum Gasteiger partial charge on any atom is -0.375 e. The van der Waals surface area contributed by atoms with Crippen molar-refractivity contribution in [1.82, 2.24) is 0 Å². The fraction of sp³-hybridized carbons (Fsp3) is 0.250. The molecule has 2 heterocycles. The third kappa shape index (κ3) is 4.54. The molecule has 0 amide bonds. The molecule has 0 aromatic heterocycles. The van der Waals surface area contributed by atoms with Gasteiger partial charge in [-0.3, -0.25) is 0 Å². The van der Waals surface area contributed by atoms with Crippen molar-refractivity contribution in [2.24, 2.45) is 0 Å². The summed E-state index contributed by atoms with van der Waals surface area (Å²) in [6, 6.07) is 27.4. The maximum absolute atomic E-state index is 15.6. The van der Waals surface area contributed by atoms with Crippen LogP contribution in [0.3, 0.4) is 0 Å². The maximum Gasteiger partial charge on any atom is 0.534 e. The second kappa shape index (κ2) is 10.6. The van der Waals surface area contributed by atoms with Gasteiger partial charge in [0.2, 0.25) is 5.79 Å². The van der Waals surface area contributed by atoms with Crippen LogP contribution in [0.4, 0.5) is 13.2 Å². The summed E-state index contributed by atoms with van der Waals surface area (Å²) in [4.78, 5) is 0. The van der Waals surface area contributed by atoms with E-state index in [-0.39, 0.29) is 5.56 Å². The number of rotatable bonds is 7. The van der Waals surface area contributed by atoms with Crippen molar-refractivity contribution >= 4 is 33.2 Å². The van der Waals surface area contributed by atoms with Gasteiger partial charge in [-0.15, -0.1) is 0 Å². The largest absolute Gasteiger partial charge is 0.534 e. The fourth-order valence-corrected chi connectivity index (χ4v) is 9.47. The zero-order valence-corrected chi connectivity index (χ0v) is 25.0. The highest BCUT2D eigenvalue weighted by Crippen LogP contribution is 2.61. The van der Waals surface area contributed by atoms with Crippen molar-refractivity contribution in [3.63, 3.8) is 0 Å². The molecule has 4 aromatic rings. The van der Waals surface area contributed by atoms with Crippen LogP contribution >= 0.6 is 7.14 Å². The van der Waals surface area contributed by atoms with Crippen LogP contribution in [0.25, 0.3) is 0 Å². The first-order chi connectivity index (χ1) is 20.5. The average Bonchev–Trinajstić information content (AvgIpc) is 3.51. The third-order valence-electron chi connectivity index (χ3n) is 7.91. The zero-order chi connectivity index (χ0) is 30.6. The van der Waals surface area contributed by atoms with E-state index < -0.39 is 46.5 Å². The molecule has 224 valence electrons. The van der Waals surface area contributed by atoms with Gasteiger partial charge in [-0.05, 0) is 30.0 Å². The molecule has 0 unspecified atom stereocenters. The van der Waals surface area contributed by atoms with Gasteiger partial charge in [0.15, 0.2) is 12.9 Å². The van der Waals surface area contributed by atoms with E-state index in [1.54, 1.807) is 66.7 Å². The lowest BCUT2D eigenvalue weighted by Gasteiger charge is -2.31. The molecule has 11 heteroatoms. The Kier molecular flexibility index (Phi) is 7.32. The summed E-state index contributed by atoms with van der Waals surface area (Å²) in [6.07, 6.45) is -0.405. The first-order valence-electron chi connectivity index (χ1n) is 13.8. The van der Waals surface area contributed by atoms with Crippen LogP contribution < -0.4 is 20.1 Å². The SMILES string of the molecule is CC[C@@H]1O[C@@]2(O[C@@H](CC)c3cccc(P(=O)(c4ccccc4)c4ccccc4)c32)c2c(OS(=O)(=O)C(F)(F)F)cccc21. The van der Waals surface area contributed by atoms with E-state index in [0.29, 0.717) is 45.4 Å². The van der Waals surface area contributed by atoms with E-state index in [0.717, 1.165) is 6.07 Å². The second-order valence-corrected chi connectivity index (χ2v) is 14.6. The van der Waals surface area contributed by atoms with E-state index in [1.165, 1.54) is 6.07 Å². The Morgan fingerprint density at radius 2 is 1.23 bits per heavy atom. The molecule has 0 saturated heterocycles.